The van der Waals surface area contributed by atoms with Gasteiger partial charge in [0.2, 0.25) is 0 Å². The zero-order chi connectivity index (χ0) is 20.8. The van der Waals surface area contributed by atoms with Crippen LogP contribution < -0.4 is 4.74 Å². The maximum atomic E-state index is 11.3. The molecule has 2 N–H and O–H groups in total. The van der Waals surface area contributed by atoms with Gasteiger partial charge in [0.05, 0.1) is 21.5 Å². The minimum atomic E-state index is -1.83. The molecule has 0 spiro atoms. The van der Waals surface area contributed by atoms with E-state index in [1.807, 2.05) is 0 Å². The lowest BCUT2D eigenvalue weighted by Gasteiger charge is -2.09. The molecule has 2 aromatic rings. The Morgan fingerprint density at radius 1 is 0.964 bits per heavy atom. The standard InChI is InChI=1S/C17H12N2O9/c20-16(21)12(17(22)23)6-11-7-15(28-9-10-4-2-1-3-5-10)14(19(26)27)8-13(11)18(24)25/h1-8H,9H2,(H,20,21)(H,22,23). The van der Waals surface area contributed by atoms with Crippen LogP contribution in [0, 0.1) is 20.2 Å². The van der Waals surface area contributed by atoms with Crippen LogP contribution in [-0.2, 0) is 16.2 Å². The first-order chi connectivity index (χ1) is 13.2. The molecular weight excluding hydrogens is 376 g/mol. The smallest absolute Gasteiger partial charge is 0.343 e. The van der Waals surface area contributed by atoms with Crippen molar-refractivity contribution in [1.29, 1.82) is 0 Å². The predicted molar refractivity (Wildman–Crippen MR) is 93.8 cm³/mol. The van der Waals surface area contributed by atoms with Crippen molar-refractivity contribution in [2.75, 3.05) is 0 Å². The summed E-state index contributed by atoms with van der Waals surface area (Å²) in [5.74, 6) is -4.03. The maximum absolute atomic E-state index is 11.3. The minimum Gasteiger partial charge on any atom is -0.482 e. The van der Waals surface area contributed by atoms with Crippen LogP contribution in [0.25, 0.3) is 6.08 Å². The average Bonchev–Trinajstić information content (AvgIpc) is 2.64. The Hall–Kier alpha value is -4.28. The number of benzene rings is 2. The molecule has 28 heavy (non-hydrogen) atoms. The van der Waals surface area contributed by atoms with Crippen LogP contribution in [-0.4, -0.2) is 32.0 Å². The monoisotopic (exact) mass is 388 g/mol. The van der Waals surface area contributed by atoms with Gasteiger partial charge in [-0.3, -0.25) is 20.2 Å². The third-order valence-corrected chi connectivity index (χ3v) is 3.50. The molecule has 0 atom stereocenters. The molecule has 0 aliphatic carbocycles. The van der Waals surface area contributed by atoms with E-state index >= 15 is 0 Å². The third-order valence-electron chi connectivity index (χ3n) is 3.50. The SMILES string of the molecule is O=C(O)C(=Cc1cc(OCc2ccccc2)c([N+](=O)[O-])cc1[N+](=O)[O-])C(=O)O. The van der Waals surface area contributed by atoms with Gasteiger partial charge in [-0.1, -0.05) is 30.3 Å². The molecule has 0 saturated carbocycles. The highest BCUT2D eigenvalue weighted by molar-refractivity contribution is 6.16. The third kappa shape index (κ3) is 4.66. The normalized spacial score (nSPS) is 10.0. The first-order valence-corrected chi connectivity index (χ1v) is 7.52. The summed E-state index contributed by atoms with van der Waals surface area (Å²) in [5, 5.41) is 40.4. The van der Waals surface area contributed by atoms with Gasteiger partial charge in [-0.05, 0) is 11.6 Å². The molecule has 11 nitrogen and oxygen atoms in total. The van der Waals surface area contributed by atoms with E-state index in [2.05, 4.69) is 0 Å². The van der Waals surface area contributed by atoms with Gasteiger partial charge in [-0.2, -0.15) is 0 Å². The fraction of sp³-hybridized carbons (Fsp3) is 0.0588. The Morgan fingerprint density at radius 2 is 1.54 bits per heavy atom. The molecule has 0 saturated heterocycles. The lowest BCUT2D eigenvalue weighted by atomic mass is 10.1. The number of hydrogen-bond acceptors (Lipinski definition) is 7. The molecule has 0 aliphatic heterocycles. The van der Waals surface area contributed by atoms with Crippen LogP contribution in [0.3, 0.4) is 0 Å². The highest BCUT2D eigenvalue weighted by atomic mass is 16.6. The number of carbonyl (C=O) groups is 2. The number of ether oxygens (including phenoxy) is 1. The Morgan fingerprint density at radius 3 is 2.04 bits per heavy atom. The predicted octanol–water partition coefficient (Wildman–Crippen LogP) is 2.63. The van der Waals surface area contributed by atoms with Crippen molar-refractivity contribution in [3.8, 4) is 5.75 Å². The van der Waals surface area contributed by atoms with E-state index in [-0.39, 0.29) is 12.4 Å². The van der Waals surface area contributed by atoms with Gasteiger partial charge in [-0.25, -0.2) is 9.59 Å². The van der Waals surface area contributed by atoms with E-state index < -0.39 is 44.3 Å². The van der Waals surface area contributed by atoms with Gasteiger partial charge in [0.15, 0.2) is 5.75 Å². The van der Waals surface area contributed by atoms with Gasteiger partial charge in [0.1, 0.15) is 12.2 Å². The van der Waals surface area contributed by atoms with Gasteiger partial charge in [-0.15, -0.1) is 0 Å². The fourth-order valence-electron chi connectivity index (χ4n) is 2.21. The van der Waals surface area contributed by atoms with Gasteiger partial charge in [0, 0.05) is 6.07 Å². The van der Waals surface area contributed by atoms with Gasteiger partial charge < -0.3 is 14.9 Å². The molecule has 0 radical (unpaired) electrons. The Bertz CT molecular complexity index is 968. The van der Waals surface area contributed by atoms with E-state index in [0.717, 1.165) is 6.07 Å². The summed E-state index contributed by atoms with van der Waals surface area (Å²) in [6.45, 7) is -0.104. The second-order valence-electron chi connectivity index (χ2n) is 5.34. The molecular formula is C17H12N2O9. The molecule has 11 heteroatoms. The molecule has 0 amide bonds. The molecule has 2 rings (SSSR count). The number of nitro groups is 2. The van der Waals surface area contributed by atoms with Crippen molar-refractivity contribution in [1.82, 2.24) is 0 Å². The van der Waals surface area contributed by atoms with Crippen molar-refractivity contribution in [2.24, 2.45) is 0 Å². The van der Waals surface area contributed by atoms with E-state index in [9.17, 15) is 29.8 Å². The number of hydrogen-bond donors (Lipinski definition) is 2. The number of nitro benzene ring substituents is 2. The van der Waals surface area contributed by atoms with Crippen molar-refractivity contribution in [3.05, 3.63) is 79.4 Å². The quantitative estimate of drug-likeness (QED) is 0.227. The highest BCUT2D eigenvalue weighted by Gasteiger charge is 2.27. The minimum absolute atomic E-state index is 0.104. The van der Waals surface area contributed by atoms with Crippen LogP contribution in [0.1, 0.15) is 11.1 Å². The molecule has 0 unspecified atom stereocenters. The Labute approximate surface area is 156 Å². The van der Waals surface area contributed by atoms with Crippen LogP contribution in [0.5, 0.6) is 5.75 Å². The summed E-state index contributed by atoms with van der Waals surface area (Å²) in [7, 11) is 0. The number of rotatable bonds is 8. The number of carboxylic acids is 2. The van der Waals surface area contributed by atoms with Crippen LogP contribution in [0.15, 0.2) is 48.0 Å². The number of nitrogens with zero attached hydrogens (tertiary/aromatic N) is 2. The summed E-state index contributed by atoms with van der Waals surface area (Å²) < 4.78 is 5.37. The molecule has 0 bridgehead atoms. The Kier molecular flexibility index (Phi) is 6.01. The van der Waals surface area contributed by atoms with Crippen molar-refractivity contribution in [3.63, 3.8) is 0 Å². The summed E-state index contributed by atoms with van der Waals surface area (Å²) >= 11 is 0. The second kappa shape index (κ2) is 8.40. The molecule has 0 fully saturated rings. The summed E-state index contributed by atoms with van der Waals surface area (Å²) in [5.41, 5.74) is -2.50. The Balaban J connectivity index is 2.58. The fourth-order valence-corrected chi connectivity index (χ4v) is 2.21. The van der Waals surface area contributed by atoms with Crippen molar-refractivity contribution >= 4 is 29.4 Å². The van der Waals surface area contributed by atoms with Crippen LogP contribution in [0.4, 0.5) is 11.4 Å². The number of carboxylic acid groups (broad SMARTS) is 2. The zero-order valence-electron chi connectivity index (χ0n) is 14.0. The maximum Gasteiger partial charge on any atom is 0.343 e. The van der Waals surface area contributed by atoms with E-state index in [1.54, 1.807) is 30.3 Å². The van der Waals surface area contributed by atoms with E-state index in [4.69, 9.17) is 14.9 Å². The highest BCUT2D eigenvalue weighted by Crippen LogP contribution is 2.36. The topological polar surface area (TPSA) is 170 Å². The lowest BCUT2D eigenvalue weighted by molar-refractivity contribution is -0.394. The van der Waals surface area contributed by atoms with Crippen molar-refractivity contribution < 1.29 is 34.4 Å². The first-order valence-electron chi connectivity index (χ1n) is 7.52. The van der Waals surface area contributed by atoms with Gasteiger partial charge >= 0.3 is 17.6 Å². The summed E-state index contributed by atoms with van der Waals surface area (Å²) in [4.78, 5) is 42.7. The van der Waals surface area contributed by atoms with Crippen LogP contribution in [0.2, 0.25) is 0 Å². The van der Waals surface area contributed by atoms with Crippen LogP contribution >= 0.6 is 0 Å². The lowest BCUT2D eigenvalue weighted by Crippen LogP contribution is -2.11. The van der Waals surface area contributed by atoms with Gasteiger partial charge in [0.25, 0.3) is 5.69 Å². The van der Waals surface area contributed by atoms with E-state index in [1.165, 1.54) is 0 Å². The molecule has 0 heterocycles. The first kappa shape index (κ1) is 20.0. The number of aliphatic carboxylic acids is 2. The molecule has 0 aliphatic rings. The largest absolute Gasteiger partial charge is 0.482 e. The molecule has 0 aromatic heterocycles. The van der Waals surface area contributed by atoms with E-state index in [0.29, 0.717) is 17.7 Å². The van der Waals surface area contributed by atoms with Crippen molar-refractivity contribution in [2.45, 2.75) is 6.61 Å². The molecule has 2 aromatic carbocycles. The zero-order valence-corrected chi connectivity index (χ0v) is 14.0. The average molecular weight is 388 g/mol. The molecule has 144 valence electrons. The second-order valence-corrected chi connectivity index (χ2v) is 5.34. The summed E-state index contributed by atoms with van der Waals surface area (Å²) in [6.07, 6.45) is 0.544. The summed E-state index contributed by atoms with van der Waals surface area (Å²) in [6, 6.07) is 10.0.